The summed E-state index contributed by atoms with van der Waals surface area (Å²) in [5.41, 5.74) is 2.64. The molecule has 1 aliphatic heterocycles. The summed E-state index contributed by atoms with van der Waals surface area (Å²) in [5.74, 6) is -2.01. The maximum absolute atomic E-state index is 13.2. The number of hydrogen-bond acceptors (Lipinski definition) is 4. The van der Waals surface area contributed by atoms with Gasteiger partial charge in [0.1, 0.15) is 0 Å². The second-order valence-electron chi connectivity index (χ2n) is 7.46. The summed E-state index contributed by atoms with van der Waals surface area (Å²) in [6.45, 7) is 5.87. The fourth-order valence-corrected chi connectivity index (χ4v) is 3.76. The summed E-state index contributed by atoms with van der Waals surface area (Å²) in [6.07, 6.45) is 5.77. The molecule has 0 aromatic carbocycles. The molecule has 2 aliphatic rings. The molecule has 1 fully saturated rings. The van der Waals surface area contributed by atoms with Crippen LogP contribution in [0.2, 0.25) is 0 Å². The molecule has 2 heterocycles. The van der Waals surface area contributed by atoms with E-state index in [1.54, 1.807) is 0 Å². The summed E-state index contributed by atoms with van der Waals surface area (Å²) >= 11 is 0. The molecule has 1 unspecified atom stereocenters. The Hall–Kier alpha value is -3.10. The zero-order valence-electron chi connectivity index (χ0n) is 17.0. The van der Waals surface area contributed by atoms with E-state index >= 15 is 0 Å². The fraction of sp³-hybridized carbons (Fsp3) is 0.364. The zero-order valence-corrected chi connectivity index (χ0v) is 17.0. The highest BCUT2D eigenvalue weighted by atomic mass is 19.4. The van der Waals surface area contributed by atoms with Crippen molar-refractivity contribution in [3.8, 4) is 5.88 Å². The molecule has 1 aromatic heterocycles. The molecule has 0 spiro atoms. The van der Waals surface area contributed by atoms with E-state index in [0.717, 1.165) is 17.2 Å². The average Bonchev–Trinajstić information content (AvgIpc) is 2.88. The summed E-state index contributed by atoms with van der Waals surface area (Å²) in [7, 11) is 0. The summed E-state index contributed by atoms with van der Waals surface area (Å²) in [6, 6.07) is 2.41. The lowest BCUT2D eigenvalue weighted by atomic mass is 9.84. The topological polar surface area (TPSA) is 54.5 Å². The van der Waals surface area contributed by atoms with Gasteiger partial charge in [-0.2, -0.15) is 0 Å². The summed E-state index contributed by atoms with van der Waals surface area (Å²) < 4.78 is 54.0. The number of pyridine rings is 1. The van der Waals surface area contributed by atoms with Gasteiger partial charge in [0.05, 0.1) is 17.9 Å². The Labute approximate surface area is 179 Å². The van der Waals surface area contributed by atoms with Crippen molar-refractivity contribution in [2.75, 3.05) is 18.4 Å². The van der Waals surface area contributed by atoms with Gasteiger partial charge in [-0.25, -0.2) is 9.37 Å². The van der Waals surface area contributed by atoms with Crippen LogP contribution in [0.4, 0.5) is 23.2 Å². The number of alkyl halides is 3. The fourth-order valence-electron chi connectivity index (χ4n) is 3.76. The molecule has 3 rings (SSSR count). The number of carbonyl (C=O) groups is 1. The highest BCUT2D eigenvalue weighted by Gasteiger charge is 2.32. The third kappa shape index (κ3) is 6.19. The number of hydrogen-bond donors (Lipinski definition) is 1. The molecule has 1 amide bonds. The lowest BCUT2D eigenvalue weighted by Gasteiger charge is -2.35. The Kier molecular flexibility index (Phi) is 6.82. The minimum atomic E-state index is -4.80. The van der Waals surface area contributed by atoms with Gasteiger partial charge in [-0.1, -0.05) is 36.5 Å². The molecule has 1 N–H and O–H groups in total. The van der Waals surface area contributed by atoms with E-state index < -0.39 is 24.0 Å². The highest BCUT2D eigenvalue weighted by molar-refractivity contribution is 5.90. The van der Waals surface area contributed by atoms with E-state index in [2.05, 4.69) is 21.6 Å². The third-order valence-electron chi connectivity index (χ3n) is 5.20. The van der Waals surface area contributed by atoms with Crippen LogP contribution < -0.4 is 10.1 Å². The second-order valence-corrected chi connectivity index (χ2v) is 7.46. The number of aromatic nitrogens is 1. The first-order valence-corrected chi connectivity index (χ1v) is 9.81. The van der Waals surface area contributed by atoms with Crippen LogP contribution in [0.3, 0.4) is 0 Å². The van der Waals surface area contributed by atoms with Gasteiger partial charge in [0.15, 0.2) is 5.83 Å². The van der Waals surface area contributed by atoms with Crippen molar-refractivity contribution in [3.05, 3.63) is 66.2 Å². The third-order valence-corrected chi connectivity index (χ3v) is 5.20. The standard InChI is InChI=1S/C22H23F4N3O2.H2/c1-14-4-3-5-18(16-8-10-29(11-9-16)21(30)15(2)23)19(12-14)28-17-6-7-20(27-13-17)31-22(24,25)26;/h3-7,12-13,16,19,28H,2,8-11H2,1H3;1H. The van der Waals surface area contributed by atoms with Gasteiger partial charge in [-0.3, -0.25) is 4.79 Å². The van der Waals surface area contributed by atoms with Crippen molar-refractivity contribution in [3.63, 3.8) is 0 Å². The first-order valence-electron chi connectivity index (χ1n) is 9.81. The van der Waals surface area contributed by atoms with Crippen molar-refractivity contribution in [1.82, 2.24) is 9.88 Å². The predicted molar refractivity (Wildman–Crippen MR) is 111 cm³/mol. The maximum atomic E-state index is 13.2. The number of ether oxygens (including phenoxy) is 1. The van der Waals surface area contributed by atoms with E-state index in [4.69, 9.17) is 0 Å². The van der Waals surface area contributed by atoms with Crippen molar-refractivity contribution >= 4 is 11.6 Å². The molecule has 0 bridgehead atoms. The highest BCUT2D eigenvalue weighted by Crippen LogP contribution is 2.31. The molecule has 9 heteroatoms. The largest absolute Gasteiger partial charge is 0.574 e. The molecule has 31 heavy (non-hydrogen) atoms. The van der Waals surface area contributed by atoms with Gasteiger partial charge in [-0.15, -0.1) is 13.2 Å². The molecule has 5 nitrogen and oxygen atoms in total. The van der Waals surface area contributed by atoms with Crippen LogP contribution in [0.25, 0.3) is 0 Å². The quantitative estimate of drug-likeness (QED) is 0.508. The number of carbonyl (C=O) groups excluding carboxylic acids is 1. The Balaban J connectivity index is 0.00000363. The monoisotopic (exact) mass is 439 g/mol. The first kappa shape index (κ1) is 22.6. The SMILES string of the molecule is C=C(F)C(=O)N1CCC(C2=CC=CC(C)=CC2Nc2ccc(OC(F)(F)F)nc2)CC1.[HH]. The molecule has 1 aromatic rings. The molecule has 1 saturated heterocycles. The van der Waals surface area contributed by atoms with Gasteiger partial charge in [0.2, 0.25) is 5.88 Å². The van der Waals surface area contributed by atoms with Crippen LogP contribution in [-0.4, -0.2) is 41.3 Å². The predicted octanol–water partition coefficient (Wildman–Crippen LogP) is 5.17. The molecule has 0 radical (unpaired) electrons. The lowest BCUT2D eigenvalue weighted by Crippen LogP contribution is -2.40. The van der Waals surface area contributed by atoms with Crippen LogP contribution >= 0.6 is 0 Å². The Morgan fingerprint density at radius 1 is 1.32 bits per heavy atom. The number of allylic oxidation sites excluding steroid dienone is 4. The molecular formula is C22H25F4N3O2. The van der Waals surface area contributed by atoms with E-state index in [-0.39, 0.29) is 13.4 Å². The molecule has 1 atom stereocenters. The number of nitrogens with zero attached hydrogens (tertiary/aromatic N) is 2. The summed E-state index contributed by atoms with van der Waals surface area (Å²) in [4.78, 5) is 17.0. The van der Waals surface area contributed by atoms with E-state index in [9.17, 15) is 22.4 Å². The molecule has 0 saturated carbocycles. The maximum Gasteiger partial charge on any atom is 0.574 e. The normalized spacial score (nSPS) is 19.9. The van der Waals surface area contributed by atoms with E-state index in [0.29, 0.717) is 31.6 Å². The van der Waals surface area contributed by atoms with Crippen LogP contribution in [0.15, 0.2) is 66.2 Å². The van der Waals surface area contributed by atoms with Crippen molar-refractivity contribution in [2.24, 2.45) is 5.92 Å². The van der Waals surface area contributed by atoms with Crippen LogP contribution in [-0.2, 0) is 4.79 Å². The number of halogens is 4. The molecule has 1 aliphatic carbocycles. The Morgan fingerprint density at radius 2 is 2.03 bits per heavy atom. The van der Waals surface area contributed by atoms with Gasteiger partial charge in [0, 0.05) is 20.6 Å². The van der Waals surface area contributed by atoms with Gasteiger partial charge < -0.3 is 15.0 Å². The van der Waals surface area contributed by atoms with Crippen molar-refractivity contribution in [2.45, 2.75) is 32.2 Å². The number of rotatable bonds is 5. The Morgan fingerprint density at radius 3 is 2.61 bits per heavy atom. The van der Waals surface area contributed by atoms with Gasteiger partial charge >= 0.3 is 6.36 Å². The first-order chi connectivity index (χ1) is 14.6. The zero-order chi connectivity index (χ0) is 22.6. The minimum absolute atomic E-state index is 0. The number of nitrogens with one attached hydrogen (secondary N) is 1. The average molecular weight is 439 g/mol. The number of piperidine rings is 1. The minimum Gasteiger partial charge on any atom is -0.388 e. The summed E-state index contributed by atoms with van der Waals surface area (Å²) in [5, 5.41) is 3.30. The number of likely N-dealkylation sites (tertiary alicyclic amines) is 1. The van der Waals surface area contributed by atoms with Crippen LogP contribution in [0.5, 0.6) is 5.88 Å². The van der Waals surface area contributed by atoms with Crippen LogP contribution in [0, 0.1) is 5.92 Å². The number of anilines is 1. The van der Waals surface area contributed by atoms with E-state index in [1.807, 2.05) is 31.2 Å². The van der Waals surface area contributed by atoms with Gasteiger partial charge in [-0.05, 0) is 37.3 Å². The smallest absolute Gasteiger partial charge is 0.388 e. The Bertz CT molecular complexity index is 918. The van der Waals surface area contributed by atoms with Crippen molar-refractivity contribution in [1.29, 1.82) is 0 Å². The van der Waals surface area contributed by atoms with Crippen molar-refractivity contribution < 1.29 is 28.5 Å². The van der Waals surface area contributed by atoms with Crippen LogP contribution in [0.1, 0.15) is 21.2 Å². The molecular weight excluding hydrogens is 414 g/mol. The lowest BCUT2D eigenvalue weighted by molar-refractivity contribution is -0.276. The molecule has 168 valence electrons. The second kappa shape index (κ2) is 9.36. The van der Waals surface area contributed by atoms with Gasteiger partial charge in [0.25, 0.3) is 5.91 Å². The number of amides is 1. The van der Waals surface area contributed by atoms with E-state index in [1.165, 1.54) is 17.2 Å².